The highest BCUT2D eigenvalue weighted by Crippen LogP contribution is 2.33. The molecule has 0 saturated carbocycles. The smallest absolute Gasteiger partial charge is 0.340 e. The van der Waals surface area contributed by atoms with E-state index in [9.17, 15) is 9.59 Å². The predicted octanol–water partition coefficient (Wildman–Crippen LogP) is 2.37. The molecule has 3 aromatic rings. The van der Waals surface area contributed by atoms with Crippen molar-refractivity contribution in [1.82, 2.24) is 10.3 Å². The Morgan fingerprint density at radius 3 is 2.70 bits per heavy atom. The first-order valence-electron chi connectivity index (χ1n) is 8.38. The number of pyridine rings is 1. The molecule has 1 amide bonds. The van der Waals surface area contributed by atoms with Gasteiger partial charge in [-0.25, -0.2) is 4.79 Å². The Hall–Kier alpha value is -3.35. The van der Waals surface area contributed by atoms with E-state index in [2.05, 4.69) is 10.3 Å². The third kappa shape index (κ3) is 3.92. The highest BCUT2D eigenvalue weighted by molar-refractivity contribution is 5.90. The average Bonchev–Trinajstić information content (AvgIpc) is 2.69. The molecule has 27 heavy (non-hydrogen) atoms. The van der Waals surface area contributed by atoms with Crippen molar-refractivity contribution in [3.63, 3.8) is 0 Å². The average molecular weight is 368 g/mol. The maximum Gasteiger partial charge on any atom is 0.340 e. The maximum atomic E-state index is 12.4. The van der Waals surface area contributed by atoms with Gasteiger partial charge in [-0.2, -0.15) is 0 Å². The second-order valence-corrected chi connectivity index (χ2v) is 5.97. The number of aromatic nitrogens is 1. The van der Waals surface area contributed by atoms with Crippen LogP contribution in [0.3, 0.4) is 0 Å². The maximum absolute atomic E-state index is 12.4. The highest BCUT2D eigenvalue weighted by atomic mass is 16.5. The molecule has 0 radical (unpaired) electrons. The molecule has 2 heterocycles. The summed E-state index contributed by atoms with van der Waals surface area (Å²) in [5, 5.41) is 3.41. The monoisotopic (exact) mass is 368 g/mol. The van der Waals surface area contributed by atoms with Crippen molar-refractivity contribution in [1.29, 1.82) is 0 Å². The lowest BCUT2D eigenvalue weighted by atomic mass is 10.0. The van der Waals surface area contributed by atoms with Crippen LogP contribution in [0.15, 0.2) is 45.7 Å². The zero-order valence-corrected chi connectivity index (χ0v) is 15.4. The molecule has 2 aromatic heterocycles. The van der Waals surface area contributed by atoms with E-state index in [1.807, 2.05) is 12.1 Å². The van der Waals surface area contributed by atoms with Crippen molar-refractivity contribution in [2.24, 2.45) is 0 Å². The minimum absolute atomic E-state index is 0.0911. The Kier molecular flexibility index (Phi) is 5.40. The molecular formula is C20H20N2O5. The highest BCUT2D eigenvalue weighted by Gasteiger charge is 2.18. The number of nitrogens with one attached hydrogen (secondary N) is 1. The van der Waals surface area contributed by atoms with Crippen LogP contribution in [0.5, 0.6) is 11.5 Å². The summed E-state index contributed by atoms with van der Waals surface area (Å²) >= 11 is 0. The molecule has 7 heteroatoms. The number of methoxy groups -OCH3 is 2. The lowest BCUT2D eigenvalue weighted by Gasteiger charge is -2.12. The Bertz CT molecular complexity index is 1030. The van der Waals surface area contributed by atoms with Gasteiger partial charge in [-0.15, -0.1) is 0 Å². The van der Waals surface area contributed by atoms with Gasteiger partial charge in [0.15, 0.2) is 0 Å². The molecule has 0 saturated heterocycles. The SMILES string of the molecule is COc1cc(OC)c2c(C)c(CC(=O)NCc3ccccn3)c(=O)oc2c1. The van der Waals surface area contributed by atoms with Crippen LogP contribution in [0.1, 0.15) is 16.8 Å². The Morgan fingerprint density at radius 2 is 2.04 bits per heavy atom. The van der Waals surface area contributed by atoms with Gasteiger partial charge < -0.3 is 19.2 Å². The van der Waals surface area contributed by atoms with Gasteiger partial charge in [0.25, 0.3) is 0 Å². The molecule has 0 aliphatic rings. The van der Waals surface area contributed by atoms with Crippen LogP contribution in [-0.4, -0.2) is 25.1 Å². The number of amides is 1. The summed E-state index contributed by atoms with van der Waals surface area (Å²) in [6, 6.07) is 8.79. The molecule has 1 aromatic carbocycles. The van der Waals surface area contributed by atoms with Gasteiger partial charge in [0.05, 0.1) is 43.8 Å². The Labute approximate surface area is 155 Å². The first-order valence-corrected chi connectivity index (χ1v) is 8.38. The molecule has 1 N–H and O–H groups in total. The molecular weight excluding hydrogens is 348 g/mol. The second kappa shape index (κ2) is 7.90. The fourth-order valence-electron chi connectivity index (χ4n) is 2.88. The lowest BCUT2D eigenvalue weighted by molar-refractivity contribution is -0.120. The van der Waals surface area contributed by atoms with E-state index >= 15 is 0 Å². The number of ether oxygens (including phenoxy) is 2. The van der Waals surface area contributed by atoms with Crippen molar-refractivity contribution < 1.29 is 18.7 Å². The van der Waals surface area contributed by atoms with E-state index in [1.165, 1.54) is 14.2 Å². The van der Waals surface area contributed by atoms with Crippen LogP contribution in [0, 0.1) is 6.92 Å². The van der Waals surface area contributed by atoms with Gasteiger partial charge in [0.1, 0.15) is 17.1 Å². The van der Waals surface area contributed by atoms with Gasteiger partial charge in [-0.1, -0.05) is 6.07 Å². The van der Waals surface area contributed by atoms with Gasteiger partial charge in [0, 0.05) is 18.3 Å². The summed E-state index contributed by atoms with van der Waals surface area (Å²) in [5.74, 6) is 0.742. The summed E-state index contributed by atoms with van der Waals surface area (Å²) < 4.78 is 16.0. The molecule has 0 unspecified atom stereocenters. The minimum Gasteiger partial charge on any atom is -0.496 e. The summed E-state index contributed by atoms with van der Waals surface area (Å²) in [6.45, 7) is 2.06. The number of fused-ring (bicyclic) bond motifs is 1. The van der Waals surface area contributed by atoms with E-state index in [1.54, 1.807) is 31.3 Å². The number of carbonyl (C=O) groups excluding carboxylic acids is 1. The number of hydrogen-bond donors (Lipinski definition) is 1. The second-order valence-electron chi connectivity index (χ2n) is 5.97. The zero-order valence-electron chi connectivity index (χ0n) is 15.4. The Morgan fingerprint density at radius 1 is 1.22 bits per heavy atom. The van der Waals surface area contributed by atoms with Gasteiger partial charge in [-0.3, -0.25) is 9.78 Å². The predicted molar refractivity (Wildman–Crippen MR) is 100 cm³/mol. The zero-order chi connectivity index (χ0) is 19.4. The molecule has 0 bridgehead atoms. The van der Waals surface area contributed by atoms with E-state index in [0.717, 1.165) is 5.69 Å². The summed E-state index contributed by atoms with van der Waals surface area (Å²) in [4.78, 5) is 28.9. The molecule has 0 atom stereocenters. The molecule has 0 spiro atoms. The molecule has 3 rings (SSSR count). The fourth-order valence-corrected chi connectivity index (χ4v) is 2.88. The summed E-state index contributed by atoms with van der Waals surface area (Å²) in [6.07, 6.45) is 1.57. The topological polar surface area (TPSA) is 90.7 Å². The summed E-state index contributed by atoms with van der Waals surface area (Å²) in [5.41, 5.74) is 1.48. The molecule has 0 fully saturated rings. The quantitative estimate of drug-likeness (QED) is 0.672. The van der Waals surface area contributed by atoms with Crippen molar-refractivity contribution in [2.45, 2.75) is 19.9 Å². The largest absolute Gasteiger partial charge is 0.496 e. The molecule has 140 valence electrons. The van der Waals surface area contributed by atoms with Crippen LogP contribution in [-0.2, 0) is 17.8 Å². The van der Waals surface area contributed by atoms with Crippen LogP contribution in [0.2, 0.25) is 0 Å². The number of rotatable bonds is 6. The van der Waals surface area contributed by atoms with Crippen molar-refractivity contribution >= 4 is 16.9 Å². The molecule has 0 aliphatic heterocycles. The number of aryl methyl sites for hydroxylation is 1. The Balaban J connectivity index is 1.90. The fraction of sp³-hybridized carbons (Fsp3) is 0.250. The first kappa shape index (κ1) is 18.4. The van der Waals surface area contributed by atoms with E-state index < -0.39 is 5.63 Å². The normalized spacial score (nSPS) is 10.6. The van der Waals surface area contributed by atoms with Crippen molar-refractivity contribution in [3.05, 3.63) is 63.8 Å². The number of hydrogen-bond acceptors (Lipinski definition) is 6. The number of nitrogens with zero attached hydrogens (tertiary/aromatic N) is 1. The standard InChI is InChI=1S/C20H20N2O5/c1-12-15(10-18(23)22-11-13-6-4-5-7-21-13)20(24)27-17-9-14(25-2)8-16(26-3)19(12)17/h4-9H,10-11H2,1-3H3,(H,22,23). The van der Waals surface area contributed by atoms with Crippen molar-refractivity contribution in [2.75, 3.05) is 14.2 Å². The van der Waals surface area contributed by atoms with Crippen LogP contribution >= 0.6 is 0 Å². The lowest BCUT2D eigenvalue weighted by Crippen LogP contribution is -2.27. The van der Waals surface area contributed by atoms with Crippen LogP contribution in [0.25, 0.3) is 11.0 Å². The van der Waals surface area contributed by atoms with Crippen LogP contribution in [0.4, 0.5) is 0 Å². The van der Waals surface area contributed by atoms with E-state index in [0.29, 0.717) is 33.6 Å². The number of carbonyl (C=O) groups is 1. The molecule has 0 aliphatic carbocycles. The summed E-state index contributed by atoms with van der Waals surface area (Å²) in [7, 11) is 3.05. The van der Waals surface area contributed by atoms with Crippen molar-refractivity contribution in [3.8, 4) is 11.5 Å². The first-order chi connectivity index (χ1) is 13.0. The van der Waals surface area contributed by atoms with E-state index in [4.69, 9.17) is 13.9 Å². The third-order valence-corrected chi connectivity index (χ3v) is 4.30. The third-order valence-electron chi connectivity index (χ3n) is 4.30. The van der Waals surface area contributed by atoms with Gasteiger partial charge >= 0.3 is 5.63 Å². The number of benzene rings is 1. The van der Waals surface area contributed by atoms with Gasteiger partial charge in [0.2, 0.25) is 5.91 Å². The van der Waals surface area contributed by atoms with Crippen LogP contribution < -0.4 is 20.4 Å². The minimum atomic E-state index is -0.553. The molecule has 7 nitrogen and oxygen atoms in total. The van der Waals surface area contributed by atoms with E-state index in [-0.39, 0.29) is 18.9 Å². The van der Waals surface area contributed by atoms with Gasteiger partial charge in [-0.05, 0) is 24.6 Å².